The summed E-state index contributed by atoms with van der Waals surface area (Å²) in [5.74, 6) is 1.26. The van der Waals surface area contributed by atoms with E-state index in [1.54, 1.807) is 4.90 Å². The van der Waals surface area contributed by atoms with Crippen molar-refractivity contribution in [1.29, 1.82) is 0 Å². The summed E-state index contributed by atoms with van der Waals surface area (Å²) >= 11 is 2.04. The van der Waals surface area contributed by atoms with E-state index in [1.165, 1.54) is 12.2 Å². The maximum absolute atomic E-state index is 12.0. The first-order chi connectivity index (χ1) is 9.33. The van der Waals surface area contributed by atoms with Gasteiger partial charge in [-0.2, -0.15) is 11.8 Å². The molecule has 0 bridgehead atoms. The van der Waals surface area contributed by atoms with Crippen LogP contribution in [-0.2, 0) is 4.74 Å². The van der Waals surface area contributed by atoms with Crippen LogP contribution < -0.4 is 5.32 Å². The standard InChI is InChI=1S/C15H30N2O2S/c1-6-17(14(18)19-15(3,4)5)10-7-9-16-13-8-11-20-12(13)2/h12-13,16H,6-11H2,1-5H3. The summed E-state index contributed by atoms with van der Waals surface area (Å²) in [5, 5.41) is 4.31. The number of amides is 1. The summed E-state index contributed by atoms with van der Waals surface area (Å²) in [6.07, 6.45) is 2.03. The molecular weight excluding hydrogens is 272 g/mol. The molecule has 4 nitrogen and oxygen atoms in total. The predicted molar refractivity (Wildman–Crippen MR) is 86.4 cm³/mol. The lowest BCUT2D eigenvalue weighted by molar-refractivity contribution is 0.0258. The van der Waals surface area contributed by atoms with Gasteiger partial charge in [0.25, 0.3) is 0 Å². The summed E-state index contributed by atoms with van der Waals surface area (Å²) in [6, 6.07) is 0.636. The second kappa shape index (κ2) is 8.13. The normalized spacial score (nSPS) is 22.9. The number of rotatable bonds is 6. The fraction of sp³-hybridized carbons (Fsp3) is 0.933. The number of nitrogens with zero attached hydrogens (tertiary/aromatic N) is 1. The van der Waals surface area contributed by atoms with Crippen molar-refractivity contribution >= 4 is 17.9 Å². The molecule has 1 N–H and O–H groups in total. The second-order valence-corrected chi connectivity index (χ2v) is 7.82. The largest absolute Gasteiger partial charge is 0.444 e. The second-order valence-electron chi connectivity index (χ2n) is 6.34. The minimum absolute atomic E-state index is 0.204. The molecule has 20 heavy (non-hydrogen) atoms. The number of ether oxygens (including phenoxy) is 1. The summed E-state index contributed by atoms with van der Waals surface area (Å²) in [5.41, 5.74) is -0.417. The van der Waals surface area contributed by atoms with E-state index < -0.39 is 5.60 Å². The van der Waals surface area contributed by atoms with Crippen LogP contribution in [0.4, 0.5) is 4.79 Å². The lowest BCUT2D eigenvalue weighted by Gasteiger charge is -2.26. The van der Waals surface area contributed by atoms with Gasteiger partial charge in [-0.15, -0.1) is 0 Å². The Morgan fingerprint density at radius 1 is 1.45 bits per heavy atom. The van der Waals surface area contributed by atoms with Gasteiger partial charge < -0.3 is 15.0 Å². The SMILES string of the molecule is CCN(CCCNC1CCSC1C)C(=O)OC(C)(C)C. The van der Waals surface area contributed by atoms with E-state index in [9.17, 15) is 4.79 Å². The van der Waals surface area contributed by atoms with Gasteiger partial charge >= 0.3 is 6.09 Å². The molecule has 0 aromatic rings. The Labute approximate surface area is 128 Å². The van der Waals surface area contributed by atoms with Crippen molar-refractivity contribution in [2.24, 2.45) is 0 Å². The van der Waals surface area contributed by atoms with Gasteiger partial charge in [-0.05, 0) is 52.8 Å². The molecule has 1 aliphatic rings. The number of hydrogen-bond donors (Lipinski definition) is 1. The smallest absolute Gasteiger partial charge is 0.410 e. The Hall–Kier alpha value is -0.420. The summed E-state index contributed by atoms with van der Waals surface area (Å²) in [6.45, 7) is 12.4. The van der Waals surface area contributed by atoms with Crippen molar-refractivity contribution in [3.63, 3.8) is 0 Å². The van der Waals surface area contributed by atoms with E-state index in [1.807, 2.05) is 39.5 Å². The fourth-order valence-corrected chi connectivity index (χ4v) is 3.49. The third kappa shape index (κ3) is 6.35. The van der Waals surface area contributed by atoms with Gasteiger partial charge in [-0.1, -0.05) is 6.92 Å². The highest BCUT2D eigenvalue weighted by atomic mass is 32.2. The summed E-state index contributed by atoms with van der Waals surface area (Å²) in [4.78, 5) is 13.7. The molecule has 0 aliphatic carbocycles. The molecule has 0 spiro atoms. The zero-order chi connectivity index (χ0) is 15.2. The average Bonchev–Trinajstić information content (AvgIpc) is 2.72. The Kier molecular flexibility index (Phi) is 7.17. The topological polar surface area (TPSA) is 41.6 Å². The molecule has 2 unspecified atom stereocenters. The van der Waals surface area contributed by atoms with Crippen molar-refractivity contribution in [2.45, 2.75) is 64.4 Å². The van der Waals surface area contributed by atoms with Gasteiger partial charge in [-0.25, -0.2) is 4.79 Å². The molecule has 0 aromatic carbocycles. The highest BCUT2D eigenvalue weighted by Crippen LogP contribution is 2.25. The molecule has 1 rings (SSSR count). The zero-order valence-corrected chi connectivity index (χ0v) is 14.4. The fourth-order valence-electron chi connectivity index (χ4n) is 2.26. The van der Waals surface area contributed by atoms with Gasteiger partial charge in [0.15, 0.2) is 0 Å². The average molecular weight is 302 g/mol. The monoisotopic (exact) mass is 302 g/mol. The minimum atomic E-state index is -0.417. The first kappa shape index (κ1) is 17.6. The molecule has 1 heterocycles. The van der Waals surface area contributed by atoms with Crippen LogP contribution in [0.1, 0.15) is 47.5 Å². The molecule has 5 heteroatoms. The number of thioether (sulfide) groups is 1. The highest BCUT2D eigenvalue weighted by molar-refractivity contribution is 8.00. The van der Waals surface area contributed by atoms with Gasteiger partial charge in [0, 0.05) is 24.4 Å². The van der Waals surface area contributed by atoms with E-state index in [4.69, 9.17) is 4.74 Å². The molecule has 118 valence electrons. The van der Waals surface area contributed by atoms with Crippen molar-refractivity contribution in [2.75, 3.05) is 25.4 Å². The van der Waals surface area contributed by atoms with Gasteiger partial charge in [0.05, 0.1) is 0 Å². The molecule has 0 aromatic heterocycles. The Morgan fingerprint density at radius 2 is 2.15 bits per heavy atom. The van der Waals surface area contributed by atoms with Gasteiger partial charge in [0.2, 0.25) is 0 Å². The zero-order valence-electron chi connectivity index (χ0n) is 13.6. The van der Waals surface area contributed by atoms with Crippen LogP contribution in [0.5, 0.6) is 0 Å². The number of hydrogen-bond acceptors (Lipinski definition) is 4. The molecule has 0 saturated carbocycles. The molecule has 1 saturated heterocycles. The Morgan fingerprint density at radius 3 is 2.65 bits per heavy atom. The van der Waals surface area contributed by atoms with Crippen molar-refractivity contribution in [3.8, 4) is 0 Å². The molecule has 1 fully saturated rings. The van der Waals surface area contributed by atoms with E-state index in [2.05, 4.69) is 12.2 Å². The number of carbonyl (C=O) groups excluding carboxylic acids is 1. The van der Waals surface area contributed by atoms with Crippen LogP contribution in [0.15, 0.2) is 0 Å². The molecule has 1 aliphatic heterocycles. The maximum Gasteiger partial charge on any atom is 0.410 e. The minimum Gasteiger partial charge on any atom is -0.444 e. The first-order valence-electron chi connectivity index (χ1n) is 7.66. The third-order valence-corrected chi connectivity index (χ3v) is 4.75. The molecule has 2 atom stereocenters. The van der Waals surface area contributed by atoms with Crippen molar-refractivity contribution in [3.05, 3.63) is 0 Å². The molecule has 1 amide bonds. The van der Waals surface area contributed by atoms with Crippen LogP contribution in [-0.4, -0.2) is 53.3 Å². The first-order valence-corrected chi connectivity index (χ1v) is 8.71. The van der Waals surface area contributed by atoms with Gasteiger partial charge in [0.1, 0.15) is 5.60 Å². The number of carbonyl (C=O) groups is 1. The number of nitrogens with one attached hydrogen (secondary N) is 1. The maximum atomic E-state index is 12.0. The van der Waals surface area contributed by atoms with E-state index in [0.717, 1.165) is 19.5 Å². The van der Waals surface area contributed by atoms with Crippen LogP contribution in [0.2, 0.25) is 0 Å². The lowest BCUT2D eigenvalue weighted by Crippen LogP contribution is -2.39. The Bertz CT molecular complexity index is 305. The van der Waals surface area contributed by atoms with Crippen LogP contribution in [0.3, 0.4) is 0 Å². The van der Waals surface area contributed by atoms with Crippen LogP contribution >= 0.6 is 11.8 Å². The third-order valence-electron chi connectivity index (χ3n) is 3.42. The van der Waals surface area contributed by atoms with E-state index >= 15 is 0 Å². The van der Waals surface area contributed by atoms with Crippen LogP contribution in [0, 0.1) is 0 Å². The van der Waals surface area contributed by atoms with E-state index in [0.29, 0.717) is 17.8 Å². The van der Waals surface area contributed by atoms with Gasteiger partial charge in [-0.3, -0.25) is 0 Å². The summed E-state index contributed by atoms with van der Waals surface area (Å²) in [7, 11) is 0. The summed E-state index contributed by atoms with van der Waals surface area (Å²) < 4.78 is 5.40. The molecular formula is C15H30N2O2S. The predicted octanol–water partition coefficient (Wildman–Crippen LogP) is 3.12. The molecule has 0 radical (unpaired) electrons. The van der Waals surface area contributed by atoms with Crippen LogP contribution in [0.25, 0.3) is 0 Å². The highest BCUT2D eigenvalue weighted by Gasteiger charge is 2.23. The Balaban J connectivity index is 2.22. The quantitative estimate of drug-likeness (QED) is 0.766. The van der Waals surface area contributed by atoms with E-state index in [-0.39, 0.29) is 6.09 Å². The lowest BCUT2D eigenvalue weighted by atomic mass is 10.1. The van der Waals surface area contributed by atoms with Crippen molar-refractivity contribution in [1.82, 2.24) is 10.2 Å². The van der Waals surface area contributed by atoms with Crippen molar-refractivity contribution < 1.29 is 9.53 Å².